The van der Waals surface area contributed by atoms with Crippen LogP contribution in [-0.4, -0.2) is 11.1 Å². The zero-order valence-corrected chi connectivity index (χ0v) is 16.8. The summed E-state index contributed by atoms with van der Waals surface area (Å²) in [6.45, 7) is 0. The van der Waals surface area contributed by atoms with Gasteiger partial charge < -0.3 is 15.7 Å². The van der Waals surface area contributed by atoms with E-state index in [1.165, 1.54) is 18.2 Å². The van der Waals surface area contributed by atoms with Crippen molar-refractivity contribution in [2.75, 3.05) is 10.6 Å². The largest absolute Gasteiger partial charge is 0.508 e. The fourth-order valence-corrected chi connectivity index (χ4v) is 3.42. The predicted molar refractivity (Wildman–Crippen MR) is 107 cm³/mol. The van der Waals surface area contributed by atoms with Crippen LogP contribution in [0, 0.1) is 0 Å². The lowest BCUT2D eigenvalue weighted by atomic mass is 10.1. The highest BCUT2D eigenvalue weighted by molar-refractivity contribution is 9.10. The van der Waals surface area contributed by atoms with Gasteiger partial charge in [0, 0.05) is 15.5 Å². The lowest BCUT2D eigenvalue weighted by molar-refractivity contribution is -0.137. The number of benzene rings is 3. The summed E-state index contributed by atoms with van der Waals surface area (Å²) >= 11 is 15.1. The number of urea groups is 1. The number of rotatable bonds is 2. The van der Waals surface area contributed by atoms with Crippen molar-refractivity contribution in [2.45, 2.75) is 6.18 Å². The SMILES string of the molecule is O=C(Nc1ccc(Cl)c(C(F)(F)F)c1)Nc1c(Cl)c(Br)cc2ccc(O)cc12. The van der Waals surface area contributed by atoms with E-state index in [-0.39, 0.29) is 22.1 Å². The van der Waals surface area contributed by atoms with E-state index in [4.69, 9.17) is 23.2 Å². The van der Waals surface area contributed by atoms with Crippen LogP contribution >= 0.6 is 39.1 Å². The van der Waals surface area contributed by atoms with Crippen molar-refractivity contribution < 1.29 is 23.1 Å². The molecule has 0 aliphatic heterocycles. The first-order valence-electron chi connectivity index (χ1n) is 7.62. The van der Waals surface area contributed by atoms with Crippen LogP contribution in [0.1, 0.15) is 5.56 Å². The number of alkyl halides is 3. The second kappa shape index (κ2) is 7.69. The monoisotopic (exact) mass is 492 g/mol. The molecule has 0 fully saturated rings. The third kappa shape index (κ3) is 4.29. The number of carbonyl (C=O) groups excluding carboxylic acids is 1. The average Bonchev–Trinajstić information content (AvgIpc) is 2.60. The Kier molecular flexibility index (Phi) is 5.65. The molecule has 0 spiro atoms. The summed E-state index contributed by atoms with van der Waals surface area (Å²) < 4.78 is 39.4. The Bertz CT molecular complexity index is 1090. The van der Waals surface area contributed by atoms with E-state index in [2.05, 4.69) is 26.6 Å². The molecule has 0 radical (unpaired) electrons. The molecule has 3 rings (SSSR count). The van der Waals surface area contributed by atoms with Gasteiger partial charge in [-0.3, -0.25) is 0 Å². The molecule has 3 aromatic rings. The maximum Gasteiger partial charge on any atom is 0.417 e. The minimum Gasteiger partial charge on any atom is -0.508 e. The summed E-state index contributed by atoms with van der Waals surface area (Å²) in [6.07, 6.45) is -4.66. The van der Waals surface area contributed by atoms with Gasteiger partial charge in [0.25, 0.3) is 0 Å². The Morgan fingerprint density at radius 3 is 2.43 bits per heavy atom. The first-order valence-corrected chi connectivity index (χ1v) is 9.16. The maximum absolute atomic E-state index is 13.0. The minimum atomic E-state index is -4.66. The smallest absolute Gasteiger partial charge is 0.417 e. The zero-order chi connectivity index (χ0) is 20.6. The van der Waals surface area contributed by atoms with Gasteiger partial charge in [-0.2, -0.15) is 13.2 Å². The number of anilines is 2. The van der Waals surface area contributed by atoms with Gasteiger partial charge in [0.1, 0.15) is 5.75 Å². The van der Waals surface area contributed by atoms with Crippen molar-refractivity contribution >= 4 is 67.3 Å². The van der Waals surface area contributed by atoms with Crippen LogP contribution in [0.4, 0.5) is 29.3 Å². The molecule has 2 amide bonds. The molecular formula is C18H10BrCl2F3N2O2. The molecule has 0 atom stereocenters. The second-order valence-corrected chi connectivity index (χ2v) is 7.36. The molecule has 0 unspecified atom stereocenters. The van der Waals surface area contributed by atoms with Crippen LogP contribution < -0.4 is 10.6 Å². The molecule has 0 aliphatic rings. The molecule has 4 nitrogen and oxygen atoms in total. The number of amides is 2. The third-order valence-electron chi connectivity index (χ3n) is 3.79. The number of aromatic hydroxyl groups is 1. The molecule has 10 heteroatoms. The van der Waals surface area contributed by atoms with Crippen LogP contribution in [0.3, 0.4) is 0 Å². The van der Waals surface area contributed by atoms with Crippen LogP contribution in [0.5, 0.6) is 5.75 Å². The normalized spacial score (nSPS) is 11.5. The number of phenols is 1. The standard InChI is InChI=1S/C18H10BrCl2F3N2O2/c19-13-5-8-1-3-10(27)7-11(8)16(15(13)21)26-17(28)25-9-2-4-14(20)12(6-9)18(22,23)24/h1-7,27H,(H2,25,26,28). The molecule has 0 heterocycles. The fraction of sp³-hybridized carbons (Fsp3) is 0.0556. The Labute approximate surface area is 175 Å². The van der Waals surface area contributed by atoms with E-state index >= 15 is 0 Å². The topological polar surface area (TPSA) is 61.4 Å². The van der Waals surface area contributed by atoms with Gasteiger partial charge in [-0.1, -0.05) is 29.3 Å². The molecule has 0 bridgehead atoms. The van der Waals surface area contributed by atoms with Gasteiger partial charge in [0.05, 0.1) is 21.3 Å². The zero-order valence-electron chi connectivity index (χ0n) is 13.7. The molecule has 146 valence electrons. The summed E-state index contributed by atoms with van der Waals surface area (Å²) in [5, 5.41) is 15.4. The van der Waals surface area contributed by atoms with Crippen molar-refractivity contribution in [3.05, 3.63) is 62.5 Å². The number of halogens is 6. The summed E-state index contributed by atoms with van der Waals surface area (Å²) in [7, 11) is 0. The van der Waals surface area contributed by atoms with E-state index in [9.17, 15) is 23.1 Å². The van der Waals surface area contributed by atoms with Gasteiger partial charge in [-0.15, -0.1) is 0 Å². The second-order valence-electron chi connectivity index (χ2n) is 5.72. The van der Waals surface area contributed by atoms with Gasteiger partial charge in [0.15, 0.2) is 0 Å². The Morgan fingerprint density at radius 1 is 1.04 bits per heavy atom. The first kappa shape index (κ1) is 20.6. The highest BCUT2D eigenvalue weighted by Crippen LogP contribution is 2.39. The summed E-state index contributed by atoms with van der Waals surface area (Å²) in [6, 6.07) is 8.41. The quantitative estimate of drug-likeness (QED) is 0.351. The number of hydrogen-bond acceptors (Lipinski definition) is 2. The molecule has 0 aliphatic carbocycles. The summed E-state index contributed by atoms with van der Waals surface area (Å²) in [4.78, 5) is 12.3. The number of phenolic OH excluding ortho intramolecular Hbond substituents is 1. The molecule has 28 heavy (non-hydrogen) atoms. The predicted octanol–water partition coefficient (Wildman–Crippen LogP) is 7.28. The van der Waals surface area contributed by atoms with Crippen LogP contribution in [0.2, 0.25) is 10.0 Å². The van der Waals surface area contributed by atoms with Crippen molar-refractivity contribution in [1.82, 2.24) is 0 Å². The molecule has 0 saturated heterocycles. The molecule has 3 N–H and O–H groups in total. The average molecular weight is 494 g/mol. The fourth-order valence-electron chi connectivity index (χ4n) is 2.54. The van der Waals surface area contributed by atoms with Crippen LogP contribution in [0.25, 0.3) is 10.8 Å². The van der Waals surface area contributed by atoms with E-state index in [1.54, 1.807) is 12.1 Å². The Balaban J connectivity index is 1.92. The number of nitrogens with one attached hydrogen (secondary N) is 2. The highest BCUT2D eigenvalue weighted by atomic mass is 79.9. The van der Waals surface area contributed by atoms with E-state index in [0.717, 1.165) is 12.1 Å². The maximum atomic E-state index is 13.0. The third-order valence-corrected chi connectivity index (χ3v) is 5.36. The summed E-state index contributed by atoms with van der Waals surface area (Å²) in [5.41, 5.74) is -0.986. The van der Waals surface area contributed by atoms with E-state index < -0.39 is 22.8 Å². The van der Waals surface area contributed by atoms with Crippen molar-refractivity contribution in [2.24, 2.45) is 0 Å². The minimum absolute atomic E-state index is 0.0399. The number of carbonyl (C=O) groups is 1. The Hall–Kier alpha value is -2.16. The number of fused-ring (bicyclic) bond motifs is 1. The van der Waals surface area contributed by atoms with Crippen LogP contribution in [0.15, 0.2) is 46.9 Å². The Morgan fingerprint density at radius 2 is 1.75 bits per heavy atom. The first-order chi connectivity index (χ1) is 13.1. The molecular weight excluding hydrogens is 484 g/mol. The molecule has 3 aromatic carbocycles. The molecule has 0 saturated carbocycles. The van der Waals surface area contributed by atoms with Gasteiger partial charge >= 0.3 is 12.2 Å². The van der Waals surface area contributed by atoms with Crippen LogP contribution in [-0.2, 0) is 6.18 Å². The highest BCUT2D eigenvalue weighted by Gasteiger charge is 2.33. The molecule has 0 aromatic heterocycles. The van der Waals surface area contributed by atoms with E-state index in [1.807, 2.05) is 0 Å². The van der Waals surface area contributed by atoms with Crippen molar-refractivity contribution in [3.63, 3.8) is 0 Å². The van der Waals surface area contributed by atoms with Gasteiger partial charge in [-0.25, -0.2) is 4.79 Å². The lowest BCUT2D eigenvalue weighted by Gasteiger charge is -2.15. The van der Waals surface area contributed by atoms with Crippen molar-refractivity contribution in [1.29, 1.82) is 0 Å². The van der Waals surface area contributed by atoms with Gasteiger partial charge in [-0.05, 0) is 57.7 Å². The van der Waals surface area contributed by atoms with Gasteiger partial charge in [0.2, 0.25) is 0 Å². The summed E-state index contributed by atoms with van der Waals surface area (Å²) in [5.74, 6) is -0.0399. The number of hydrogen-bond donors (Lipinski definition) is 3. The van der Waals surface area contributed by atoms with E-state index in [0.29, 0.717) is 15.2 Å². The lowest BCUT2D eigenvalue weighted by Crippen LogP contribution is -2.20. The van der Waals surface area contributed by atoms with Crippen molar-refractivity contribution in [3.8, 4) is 5.75 Å².